The molecule has 136 valence electrons. The van der Waals surface area contributed by atoms with Gasteiger partial charge in [0.1, 0.15) is 17.1 Å². The molecule has 1 N–H and O–H groups in total. The number of allylic oxidation sites excluding steroid dienone is 1. The molecule has 0 amide bonds. The minimum atomic E-state index is -1.06. The van der Waals surface area contributed by atoms with E-state index in [1.54, 1.807) is 6.07 Å². The third-order valence-corrected chi connectivity index (χ3v) is 4.72. The van der Waals surface area contributed by atoms with Crippen LogP contribution in [0.2, 0.25) is 0 Å². The Labute approximate surface area is 155 Å². The van der Waals surface area contributed by atoms with E-state index in [1.807, 2.05) is 37.3 Å². The number of rotatable bonds is 4. The van der Waals surface area contributed by atoms with Crippen molar-refractivity contribution in [2.45, 2.75) is 19.8 Å². The molecule has 27 heavy (non-hydrogen) atoms. The van der Waals surface area contributed by atoms with E-state index in [9.17, 15) is 9.59 Å². The van der Waals surface area contributed by atoms with Gasteiger partial charge in [0.2, 0.25) is 0 Å². The zero-order valence-corrected chi connectivity index (χ0v) is 14.8. The van der Waals surface area contributed by atoms with Crippen molar-refractivity contribution in [3.05, 3.63) is 75.1 Å². The molecule has 3 aromatic rings. The molecule has 5 nitrogen and oxygen atoms in total. The van der Waals surface area contributed by atoms with E-state index in [-0.39, 0.29) is 11.0 Å². The van der Waals surface area contributed by atoms with Gasteiger partial charge >= 0.3 is 5.97 Å². The summed E-state index contributed by atoms with van der Waals surface area (Å²) in [6.45, 7) is 2.51. The first-order valence-electron chi connectivity index (χ1n) is 8.84. The predicted octanol–water partition coefficient (Wildman–Crippen LogP) is 4.38. The summed E-state index contributed by atoms with van der Waals surface area (Å²) in [5, 5.41) is 9.46. The molecule has 0 saturated heterocycles. The maximum absolute atomic E-state index is 12.9. The van der Waals surface area contributed by atoms with Crippen LogP contribution in [0.25, 0.3) is 22.6 Å². The van der Waals surface area contributed by atoms with Crippen LogP contribution in [-0.4, -0.2) is 17.7 Å². The van der Waals surface area contributed by atoms with Crippen molar-refractivity contribution >= 4 is 28.6 Å². The highest BCUT2D eigenvalue weighted by Gasteiger charge is 2.24. The maximum Gasteiger partial charge on any atom is 0.335 e. The summed E-state index contributed by atoms with van der Waals surface area (Å²) in [7, 11) is 0. The molecule has 0 radical (unpaired) electrons. The lowest BCUT2D eigenvalue weighted by Gasteiger charge is -2.08. The summed E-state index contributed by atoms with van der Waals surface area (Å²) in [4.78, 5) is 24.0. The number of fused-ring (bicyclic) bond motifs is 2. The summed E-state index contributed by atoms with van der Waals surface area (Å²) in [5.74, 6) is 0.307. The van der Waals surface area contributed by atoms with Crippen LogP contribution in [0.3, 0.4) is 0 Å². The van der Waals surface area contributed by atoms with Crippen molar-refractivity contribution in [1.29, 1.82) is 0 Å². The predicted molar refractivity (Wildman–Crippen MR) is 103 cm³/mol. The summed E-state index contributed by atoms with van der Waals surface area (Å²) >= 11 is 0. The van der Waals surface area contributed by atoms with Crippen molar-refractivity contribution in [3.63, 3.8) is 0 Å². The lowest BCUT2D eigenvalue weighted by molar-refractivity contribution is 0.0697. The van der Waals surface area contributed by atoms with Crippen molar-refractivity contribution < 1.29 is 19.1 Å². The van der Waals surface area contributed by atoms with E-state index in [0.717, 1.165) is 16.9 Å². The summed E-state index contributed by atoms with van der Waals surface area (Å²) in [6.07, 6.45) is 3.27. The Morgan fingerprint density at radius 2 is 2.04 bits per heavy atom. The number of aromatic carboxylic acids is 1. The van der Waals surface area contributed by atoms with Gasteiger partial charge in [0, 0.05) is 11.1 Å². The monoisotopic (exact) mass is 362 g/mol. The number of carboxylic acids is 1. The second kappa shape index (κ2) is 6.76. The van der Waals surface area contributed by atoms with Gasteiger partial charge in [-0.25, -0.2) is 4.79 Å². The number of ether oxygens (including phenoxy) is 1. The molecule has 1 aromatic heterocycles. The van der Waals surface area contributed by atoms with Gasteiger partial charge in [-0.3, -0.25) is 4.79 Å². The van der Waals surface area contributed by atoms with Crippen LogP contribution >= 0.6 is 0 Å². The largest absolute Gasteiger partial charge is 0.493 e. The lowest BCUT2D eigenvalue weighted by Crippen LogP contribution is -2.09. The van der Waals surface area contributed by atoms with Crippen LogP contribution in [0.5, 0.6) is 5.75 Å². The Bertz CT molecular complexity index is 1140. The van der Waals surface area contributed by atoms with Gasteiger partial charge in [0.25, 0.3) is 0 Å². The highest BCUT2D eigenvalue weighted by atomic mass is 16.5. The van der Waals surface area contributed by atoms with Gasteiger partial charge in [0.05, 0.1) is 17.6 Å². The molecule has 4 rings (SSSR count). The second-order valence-electron chi connectivity index (χ2n) is 6.40. The van der Waals surface area contributed by atoms with Crippen LogP contribution in [0.1, 0.15) is 40.6 Å². The van der Waals surface area contributed by atoms with E-state index < -0.39 is 5.97 Å². The normalized spacial score (nSPS) is 14.5. The molecule has 0 unspecified atom stereocenters. The van der Waals surface area contributed by atoms with Gasteiger partial charge in [0.15, 0.2) is 5.43 Å². The minimum absolute atomic E-state index is 0.0779. The molecule has 1 aliphatic rings. The van der Waals surface area contributed by atoms with Gasteiger partial charge in [-0.05, 0) is 55.7 Å². The smallest absolute Gasteiger partial charge is 0.335 e. The van der Waals surface area contributed by atoms with E-state index in [4.69, 9.17) is 14.3 Å². The van der Waals surface area contributed by atoms with Gasteiger partial charge in [-0.15, -0.1) is 0 Å². The number of carbonyl (C=O) groups is 1. The highest BCUT2D eigenvalue weighted by Crippen LogP contribution is 2.35. The Morgan fingerprint density at radius 1 is 1.22 bits per heavy atom. The quantitative estimate of drug-likeness (QED) is 0.745. The zero-order valence-electron chi connectivity index (χ0n) is 14.8. The van der Waals surface area contributed by atoms with Crippen LogP contribution in [-0.2, 0) is 6.42 Å². The summed E-state index contributed by atoms with van der Waals surface area (Å²) in [6, 6.07) is 12.1. The fourth-order valence-electron chi connectivity index (χ4n) is 3.44. The molecule has 0 aliphatic heterocycles. The molecule has 0 spiro atoms. The van der Waals surface area contributed by atoms with Crippen LogP contribution in [0.4, 0.5) is 0 Å². The van der Waals surface area contributed by atoms with Crippen molar-refractivity contribution in [1.82, 2.24) is 0 Å². The number of hydrogen-bond donors (Lipinski definition) is 1. The number of hydrogen-bond acceptors (Lipinski definition) is 4. The zero-order chi connectivity index (χ0) is 19.0. The average Bonchev–Trinajstić information content (AvgIpc) is 3.06. The lowest BCUT2D eigenvalue weighted by atomic mass is 10.1. The number of para-hydroxylation sites is 1. The Hall–Kier alpha value is -3.34. The third kappa shape index (κ3) is 3.01. The van der Waals surface area contributed by atoms with Crippen molar-refractivity contribution in [3.8, 4) is 5.75 Å². The van der Waals surface area contributed by atoms with Crippen molar-refractivity contribution in [2.75, 3.05) is 6.61 Å². The topological polar surface area (TPSA) is 76.7 Å². The van der Waals surface area contributed by atoms with Crippen LogP contribution in [0, 0.1) is 0 Å². The first kappa shape index (κ1) is 17.1. The maximum atomic E-state index is 12.9. The fourth-order valence-corrected chi connectivity index (χ4v) is 3.44. The molecule has 2 aromatic carbocycles. The average molecular weight is 362 g/mol. The van der Waals surface area contributed by atoms with Gasteiger partial charge in [-0.2, -0.15) is 0 Å². The summed E-state index contributed by atoms with van der Waals surface area (Å²) < 4.78 is 11.7. The SMILES string of the molecule is CCOc1ccccc1C=C1CCc2c1oc1ccc(C(=O)O)cc1c2=O. The molecule has 1 aliphatic carbocycles. The van der Waals surface area contributed by atoms with E-state index in [0.29, 0.717) is 41.7 Å². The fraction of sp³-hybridized carbons (Fsp3) is 0.182. The standard InChI is InChI=1S/C22H18O5/c1-2-26-18-6-4-3-5-13(18)11-14-7-9-16-20(23)17-12-15(22(24)25)8-10-19(17)27-21(14)16/h3-6,8,10-12H,2,7,9H2,1H3,(H,24,25). The molecule has 0 bridgehead atoms. The number of benzene rings is 2. The third-order valence-electron chi connectivity index (χ3n) is 4.72. The molecular formula is C22H18O5. The molecule has 5 heteroatoms. The van der Waals surface area contributed by atoms with Crippen molar-refractivity contribution in [2.24, 2.45) is 0 Å². The molecular weight excluding hydrogens is 344 g/mol. The summed E-state index contributed by atoms with van der Waals surface area (Å²) in [5.41, 5.74) is 2.80. The molecule has 1 heterocycles. The Balaban J connectivity index is 1.85. The van der Waals surface area contributed by atoms with Crippen LogP contribution in [0.15, 0.2) is 51.7 Å². The molecule has 0 fully saturated rings. The minimum Gasteiger partial charge on any atom is -0.493 e. The Kier molecular flexibility index (Phi) is 4.28. The van der Waals surface area contributed by atoms with E-state index in [1.165, 1.54) is 12.1 Å². The Morgan fingerprint density at radius 3 is 2.81 bits per heavy atom. The van der Waals surface area contributed by atoms with E-state index >= 15 is 0 Å². The number of carboxylic acid groups (broad SMARTS) is 1. The van der Waals surface area contributed by atoms with E-state index in [2.05, 4.69) is 0 Å². The molecule has 0 saturated carbocycles. The highest BCUT2D eigenvalue weighted by molar-refractivity contribution is 5.94. The first-order valence-corrected chi connectivity index (χ1v) is 8.84. The van der Waals surface area contributed by atoms with Gasteiger partial charge < -0.3 is 14.3 Å². The van der Waals surface area contributed by atoms with Gasteiger partial charge in [-0.1, -0.05) is 18.2 Å². The second-order valence-corrected chi connectivity index (χ2v) is 6.40. The van der Waals surface area contributed by atoms with Crippen LogP contribution < -0.4 is 10.2 Å². The first-order chi connectivity index (χ1) is 13.1. The molecule has 0 atom stereocenters.